The van der Waals surface area contributed by atoms with Crippen LogP contribution in [-0.4, -0.2) is 11.0 Å². The Labute approximate surface area is 105 Å². The molecule has 0 bridgehead atoms. The van der Waals surface area contributed by atoms with Gasteiger partial charge in [-0.25, -0.2) is 0 Å². The lowest BCUT2D eigenvalue weighted by Gasteiger charge is -2.17. The first-order valence-electron chi connectivity index (χ1n) is 5.82. The quantitative estimate of drug-likeness (QED) is 0.641. The summed E-state index contributed by atoms with van der Waals surface area (Å²) in [6.07, 6.45) is 3.38. The number of hydrogen-bond acceptors (Lipinski definition) is 3. The second kappa shape index (κ2) is 4.92. The van der Waals surface area contributed by atoms with Crippen LogP contribution in [-0.2, 0) is 0 Å². The molecule has 1 aromatic carbocycles. The van der Waals surface area contributed by atoms with Gasteiger partial charge < -0.3 is 5.32 Å². The maximum Gasteiger partial charge on any atom is 0.292 e. The Morgan fingerprint density at radius 3 is 2.82 bits per heavy atom. The molecule has 0 aliphatic heterocycles. The Bertz CT molecular complexity index is 433. The van der Waals surface area contributed by atoms with Crippen LogP contribution in [0.2, 0.25) is 5.02 Å². The first-order valence-corrected chi connectivity index (χ1v) is 6.20. The minimum atomic E-state index is -0.377. The van der Waals surface area contributed by atoms with Gasteiger partial charge in [0.05, 0.1) is 4.92 Å². The number of nitro groups is 1. The van der Waals surface area contributed by atoms with Crippen LogP contribution in [0.15, 0.2) is 18.2 Å². The summed E-state index contributed by atoms with van der Waals surface area (Å²) < 4.78 is 0. The van der Waals surface area contributed by atoms with Crippen LogP contribution in [0.5, 0.6) is 0 Å². The highest BCUT2D eigenvalue weighted by molar-refractivity contribution is 6.31. The normalized spacial score (nSPS) is 16.6. The van der Waals surface area contributed by atoms with Gasteiger partial charge in [-0.2, -0.15) is 0 Å². The molecule has 1 aliphatic rings. The van der Waals surface area contributed by atoms with Crippen LogP contribution in [0.25, 0.3) is 0 Å². The number of halogens is 1. The SMILES string of the molecule is CCC(Nc1cc(Cl)ccc1[N+](=O)[O-])C1CC1. The summed E-state index contributed by atoms with van der Waals surface area (Å²) in [7, 11) is 0. The zero-order valence-corrected chi connectivity index (χ0v) is 10.4. The molecule has 4 nitrogen and oxygen atoms in total. The zero-order valence-electron chi connectivity index (χ0n) is 9.65. The lowest BCUT2D eigenvalue weighted by Crippen LogP contribution is -2.21. The van der Waals surface area contributed by atoms with Gasteiger partial charge in [0, 0.05) is 17.1 Å². The third-order valence-electron chi connectivity index (χ3n) is 3.13. The van der Waals surface area contributed by atoms with Gasteiger partial charge in [-0.15, -0.1) is 0 Å². The number of nitrogens with one attached hydrogen (secondary N) is 1. The predicted molar refractivity (Wildman–Crippen MR) is 68.5 cm³/mol. The number of benzene rings is 1. The molecule has 1 unspecified atom stereocenters. The van der Waals surface area contributed by atoms with Crippen LogP contribution >= 0.6 is 11.6 Å². The fourth-order valence-electron chi connectivity index (χ4n) is 2.03. The van der Waals surface area contributed by atoms with Crippen molar-refractivity contribution in [3.05, 3.63) is 33.3 Å². The standard InChI is InChI=1S/C12H15ClN2O2/c1-2-10(8-3-4-8)14-11-7-9(13)5-6-12(11)15(16)17/h5-8,10,14H,2-4H2,1H3. The Hall–Kier alpha value is -1.29. The van der Waals surface area contributed by atoms with Gasteiger partial charge in [-0.1, -0.05) is 18.5 Å². The minimum absolute atomic E-state index is 0.0912. The molecule has 1 fully saturated rings. The molecule has 1 aliphatic carbocycles. The molecule has 1 N–H and O–H groups in total. The van der Waals surface area contributed by atoms with Crippen LogP contribution < -0.4 is 5.32 Å². The summed E-state index contributed by atoms with van der Waals surface area (Å²) >= 11 is 5.88. The van der Waals surface area contributed by atoms with E-state index in [-0.39, 0.29) is 10.6 Å². The van der Waals surface area contributed by atoms with E-state index in [1.54, 1.807) is 12.1 Å². The van der Waals surface area contributed by atoms with Crippen molar-refractivity contribution < 1.29 is 4.92 Å². The van der Waals surface area contributed by atoms with E-state index in [0.717, 1.165) is 6.42 Å². The smallest absolute Gasteiger partial charge is 0.292 e. The highest BCUT2D eigenvalue weighted by atomic mass is 35.5. The number of rotatable bonds is 5. The van der Waals surface area contributed by atoms with Crippen molar-refractivity contribution in [2.75, 3.05) is 5.32 Å². The number of nitro benzene ring substituents is 1. The van der Waals surface area contributed by atoms with E-state index < -0.39 is 0 Å². The molecule has 1 aromatic rings. The Morgan fingerprint density at radius 1 is 1.59 bits per heavy atom. The third-order valence-corrected chi connectivity index (χ3v) is 3.36. The maximum absolute atomic E-state index is 10.9. The lowest BCUT2D eigenvalue weighted by molar-refractivity contribution is -0.384. The number of nitrogens with zero attached hydrogens (tertiary/aromatic N) is 1. The molecule has 0 spiro atoms. The van der Waals surface area contributed by atoms with Gasteiger partial charge in [-0.3, -0.25) is 10.1 Å². The van der Waals surface area contributed by atoms with Crippen molar-refractivity contribution in [1.82, 2.24) is 0 Å². The molecule has 17 heavy (non-hydrogen) atoms. The summed E-state index contributed by atoms with van der Waals surface area (Å²) in [6.45, 7) is 2.09. The van der Waals surface area contributed by atoms with E-state index in [9.17, 15) is 10.1 Å². The van der Waals surface area contributed by atoms with Gasteiger partial charge >= 0.3 is 0 Å². The van der Waals surface area contributed by atoms with E-state index in [2.05, 4.69) is 12.2 Å². The first kappa shape index (κ1) is 12.2. The zero-order chi connectivity index (χ0) is 12.4. The highest BCUT2D eigenvalue weighted by Crippen LogP contribution is 2.37. The molecular weight excluding hydrogens is 240 g/mol. The summed E-state index contributed by atoms with van der Waals surface area (Å²) in [6, 6.07) is 4.94. The van der Waals surface area contributed by atoms with E-state index in [0.29, 0.717) is 22.7 Å². The molecule has 0 saturated heterocycles. The van der Waals surface area contributed by atoms with Crippen molar-refractivity contribution in [2.24, 2.45) is 5.92 Å². The molecule has 5 heteroatoms. The van der Waals surface area contributed by atoms with E-state index in [4.69, 9.17) is 11.6 Å². The average Bonchev–Trinajstić information content (AvgIpc) is 3.09. The van der Waals surface area contributed by atoms with Crippen molar-refractivity contribution >= 4 is 23.0 Å². The van der Waals surface area contributed by atoms with Crippen LogP contribution in [0, 0.1) is 16.0 Å². The van der Waals surface area contributed by atoms with E-state index in [1.807, 2.05) is 0 Å². The maximum atomic E-state index is 10.9. The van der Waals surface area contributed by atoms with Gasteiger partial charge in [0.1, 0.15) is 5.69 Å². The minimum Gasteiger partial charge on any atom is -0.376 e. The van der Waals surface area contributed by atoms with Gasteiger partial charge in [0.15, 0.2) is 0 Å². The Kier molecular flexibility index (Phi) is 3.52. The predicted octanol–water partition coefficient (Wildman–Crippen LogP) is 3.85. The molecule has 0 amide bonds. The Balaban J connectivity index is 2.22. The van der Waals surface area contributed by atoms with Crippen LogP contribution in [0.3, 0.4) is 0 Å². The molecule has 0 heterocycles. The largest absolute Gasteiger partial charge is 0.376 e. The number of hydrogen-bond donors (Lipinski definition) is 1. The second-order valence-electron chi connectivity index (χ2n) is 4.42. The summed E-state index contributed by atoms with van der Waals surface area (Å²) in [5, 5.41) is 14.7. The van der Waals surface area contributed by atoms with Crippen molar-refractivity contribution in [3.8, 4) is 0 Å². The average molecular weight is 255 g/mol. The summed E-state index contributed by atoms with van der Waals surface area (Å²) in [4.78, 5) is 10.5. The van der Waals surface area contributed by atoms with Gasteiger partial charge in [0.25, 0.3) is 5.69 Å². The first-order chi connectivity index (χ1) is 8.11. The Morgan fingerprint density at radius 2 is 2.29 bits per heavy atom. The van der Waals surface area contributed by atoms with Gasteiger partial charge in [-0.05, 0) is 37.3 Å². The van der Waals surface area contributed by atoms with E-state index in [1.165, 1.54) is 18.9 Å². The molecule has 1 atom stereocenters. The molecule has 0 radical (unpaired) electrons. The number of anilines is 1. The van der Waals surface area contributed by atoms with E-state index >= 15 is 0 Å². The fourth-order valence-corrected chi connectivity index (χ4v) is 2.21. The fraction of sp³-hybridized carbons (Fsp3) is 0.500. The van der Waals surface area contributed by atoms with Crippen LogP contribution in [0.1, 0.15) is 26.2 Å². The van der Waals surface area contributed by atoms with Crippen molar-refractivity contribution in [3.63, 3.8) is 0 Å². The van der Waals surface area contributed by atoms with Gasteiger partial charge in [0.2, 0.25) is 0 Å². The molecule has 0 aromatic heterocycles. The monoisotopic (exact) mass is 254 g/mol. The molecule has 92 valence electrons. The van der Waals surface area contributed by atoms with Crippen LogP contribution in [0.4, 0.5) is 11.4 Å². The molecule has 1 saturated carbocycles. The van der Waals surface area contributed by atoms with Crippen molar-refractivity contribution in [2.45, 2.75) is 32.2 Å². The molecular formula is C12H15ClN2O2. The molecule has 2 rings (SSSR count). The summed E-state index contributed by atoms with van der Waals surface area (Å²) in [5.74, 6) is 0.651. The topological polar surface area (TPSA) is 55.2 Å². The highest BCUT2D eigenvalue weighted by Gasteiger charge is 2.31. The third kappa shape index (κ3) is 2.88. The second-order valence-corrected chi connectivity index (χ2v) is 4.85. The lowest BCUT2D eigenvalue weighted by atomic mass is 10.1. The van der Waals surface area contributed by atoms with Crippen molar-refractivity contribution in [1.29, 1.82) is 0 Å². The summed E-state index contributed by atoms with van der Waals surface area (Å²) in [5.41, 5.74) is 0.620.